The van der Waals surface area contributed by atoms with Crippen LogP contribution >= 0.6 is 0 Å². The summed E-state index contributed by atoms with van der Waals surface area (Å²) in [4.78, 5) is 12.5. The third-order valence-electron chi connectivity index (χ3n) is 4.61. The van der Waals surface area contributed by atoms with Gasteiger partial charge in [0.25, 0.3) is 0 Å². The van der Waals surface area contributed by atoms with Gasteiger partial charge in [-0.15, -0.1) is 0 Å². The molecule has 1 amide bonds. The normalized spacial score (nSPS) is 21.0. The highest BCUT2D eigenvalue weighted by Gasteiger charge is 2.30. The Morgan fingerprint density at radius 1 is 1.30 bits per heavy atom. The van der Waals surface area contributed by atoms with Crippen LogP contribution in [0.15, 0.2) is 18.2 Å². The van der Waals surface area contributed by atoms with E-state index >= 15 is 0 Å². The lowest BCUT2D eigenvalue weighted by atomic mass is 9.97. The Morgan fingerprint density at radius 3 is 2.61 bits per heavy atom. The molecular formula is C17H26N2O3S. The predicted octanol–water partition coefficient (Wildman–Crippen LogP) is 2.15. The van der Waals surface area contributed by atoms with Crippen LogP contribution < -0.4 is 5.32 Å². The number of hydrogen-bond donors (Lipinski definition) is 1. The molecule has 1 aromatic carbocycles. The van der Waals surface area contributed by atoms with E-state index < -0.39 is 10.0 Å². The van der Waals surface area contributed by atoms with Gasteiger partial charge in [-0.2, -0.15) is 0 Å². The zero-order valence-electron chi connectivity index (χ0n) is 14.3. The second-order valence-corrected chi connectivity index (χ2v) is 8.52. The van der Waals surface area contributed by atoms with Crippen molar-refractivity contribution in [1.29, 1.82) is 0 Å². The van der Waals surface area contributed by atoms with Crippen molar-refractivity contribution in [3.8, 4) is 0 Å². The molecule has 0 bridgehead atoms. The van der Waals surface area contributed by atoms with E-state index in [1.54, 1.807) is 0 Å². The molecule has 1 aliphatic rings. The summed E-state index contributed by atoms with van der Waals surface area (Å²) in [5.41, 5.74) is 3.49. The Balaban J connectivity index is 2.01. The molecule has 0 radical (unpaired) electrons. The highest BCUT2D eigenvalue weighted by Crippen LogP contribution is 2.21. The fourth-order valence-corrected chi connectivity index (χ4v) is 3.82. The lowest BCUT2D eigenvalue weighted by Crippen LogP contribution is -2.45. The number of hydrogen-bond acceptors (Lipinski definition) is 3. The van der Waals surface area contributed by atoms with Crippen molar-refractivity contribution in [3.63, 3.8) is 0 Å². The zero-order chi connectivity index (χ0) is 17.2. The Kier molecular flexibility index (Phi) is 5.47. The van der Waals surface area contributed by atoms with E-state index in [0.29, 0.717) is 6.54 Å². The summed E-state index contributed by atoms with van der Waals surface area (Å²) in [7, 11) is -3.23. The van der Waals surface area contributed by atoms with Crippen LogP contribution in [0.25, 0.3) is 0 Å². The molecule has 1 saturated heterocycles. The summed E-state index contributed by atoms with van der Waals surface area (Å²) in [5.74, 6) is -0.337. The fraction of sp³-hybridized carbons (Fsp3) is 0.588. The van der Waals surface area contributed by atoms with E-state index in [2.05, 4.69) is 31.3 Å². The summed E-state index contributed by atoms with van der Waals surface area (Å²) in [6.45, 7) is 6.86. The average molecular weight is 338 g/mol. The molecular weight excluding hydrogens is 312 g/mol. The number of rotatable bonds is 4. The number of nitrogens with one attached hydrogen (secondary N) is 1. The van der Waals surface area contributed by atoms with Gasteiger partial charge in [0.1, 0.15) is 0 Å². The monoisotopic (exact) mass is 338 g/mol. The second kappa shape index (κ2) is 7.01. The summed E-state index contributed by atoms with van der Waals surface area (Å²) in [6, 6.07) is 6.08. The largest absolute Gasteiger partial charge is 0.349 e. The molecule has 1 aromatic rings. The molecule has 23 heavy (non-hydrogen) atoms. The minimum Gasteiger partial charge on any atom is -0.349 e. The molecule has 0 saturated carbocycles. The molecule has 6 heteroatoms. The van der Waals surface area contributed by atoms with Crippen LogP contribution in [-0.4, -0.2) is 38.0 Å². The lowest BCUT2D eigenvalue weighted by Gasteiger charge is -2.31. The van der Waals surface area contributed by atoms with Gasteiger partial charge >= 0.3 is 0 Å². The first-order valence-electron chi connectivity index (χ1n) is 8.01. The molecule has 0 unspecified atom stereocenters. The molecule has 128 valence electrons. The topological polar surface area (TPSA) is 66.5 Å². The lowest BCUT2D eigenvalue weighted by molar-refractivity contribution is -0.126. The van der Waals surface area contributed by atoms with Gasteiger partial charge in [0, 0.05) is 13.1 Å². The highest BCUT2D eigenvalue weighted by molar-refractivity contribution is 7.88. The van der Waals surface area contributed by atoms with Crippen LogP contribution in [0.2, 0.25) is 0 Å². The van der Waals surface area contributed by atoms with Crippen molar-refractivity contribution < 1.29 is 13.2 Å². The molecule has 0 spiro atoms. The summed E-state index contributed by atoms with van der Waals surface area (Å²) < 4.78 is 24.7. The molecule has 1 N–H and O–H groups in total. The van der Waals surface area contributed by atoms with E-state index in [9.17, 15) is 13.2 Å². The number of carbonyl (C=O) groups excluding carboxylic acids is 1. The maximum Gasteiger partial charge on any atom is 0.224 e. The maximum atomic E-state index is 12.5. The van der Waals surface area contributed by atoms with Crippen molar-refractivity contribution in [2.45, 2.75) is 39.7 Å². The van der Waals surface area contributed by atoms with Gasteiger partial charge in [-0.25, -0.2) is 12.7 Å². The molecule has 1 heterocycles. The van der Waals surface area contributed by atoms with E-state index in [4.69, 9.17) is 0 Å². The third kappa shape index (κ3) is 4.54. The van der Waals surface area contributed by atoms with Gasteiger partial charge < -0.3 is 5.32 Å². The quantitative estimate of drug-likeness (QED) is 0.915. The molecule has 1 fully saturated rings. The van der Waals surface area contributed by atoms with Gasteiger partial charge in [-0.3, -0.25) is 4.79 Å². The third-order valence-corrected chi connectivity index (χ3v) is 5.88. The van der Waals surface area contributed by atoms with Gasteiger partial charge in [0.15, 0.2) is 0 Å². The average Bonchev–Trinajstić information content (AvgIpc) is 2.49. The Morgan fingerprint density at radius 2 is 2.00 bits per heavy atom. The van der Waals surface area contributed by atoms with Crippen molar-refractivity contribution in [1.82, 2.24) is 9.62 Å². The second-order valence-electron chi connectivity index (χ2n) is 6.53. The SMILES string of the molecule is Cc1ccc([C@@H](C)NC(=O)[C@H]2CCCN(S(C)(=O)=O)C2)cc1C. The van der Waals surface area contributed by atoms with Crippen molar-refractivity contribution in [3.05, 3.63) is 34.9 Å². The number of aryl methyl sites for hydroxylation is 2. The molecule has 0 aliphatic carbocycles. The molecule has 2 rings (SSSR count). The summed E-state index contributed by atoms with van der Waals surface area (Å²) >= 11 is 0. The Hall–Kier alpha value is -1.40. The van der Waals surface area contributed by atoms with Gasteiger partial charge in [0.05, 0.1) is 18.2 Å². The maximum absolute atomic E-state index is 12.5. The van der Waals surface area contributed by atoms with Crippen molar-refractivity contribution >= 4 is 15.9 Å². The van der Waals surface area contributed by atoms with Gasteiger partial charge in [-0.1, -0.05) is 18.2 Å². The van der Waals surface area contributed by atoms with E-state index in [-0.39, 0.29) is 24.4 Å². The van der Waals surface area contributed by atoms with Crippen LogP contribution in [0, 0.1) is 19.8 Å². The van der Waals surface area contributed by atoms with E-state index in [1.165, 1.54) is 21.7 Å². The molecule has 1 aliphatic heterocycles. The van der Waals surface area contributed by atoms with Crippen molar-refractivity contribution in [2.75, 3.05) is 19.3 Å². The van der Waals surface area contributed by atoms with Crippen molar-refractivity contribution in [2.24, 2.45) is 5.92 Å². The van der Waals surface area contributed by atoms with Crippen LogP contribution in [0.5, 0.6) is 0 Å². The number of amides is 1. The van der Waals surface area contributed by atoms with Crippen LogP contribution in [0.4, 0.5) is 0 Å². The standard InChI is InChI=1S/C17H26N2O3S/c1-12-7-8-15(10-13(12)2)14(3)18-17(20)16-6-5-9-19(11-16)23(4,21)22/h7-8,10,14,16H,5-6,9,11H2,1-4H3,(H,18,20)/t14-,16+/m1/s1. The number of sulfonamides is 1. The van der Waals surface area contributed by atoms with Crippen LogP contribution in [0.1, 0.15) is 42.5 Å². The minimum absolute atomic E-state index is 0.0657. The van der Waals surface area contributed by atoms with Crippen LogP contribution in [0.3, 0.4) is 0 Å². The van der Waals surface area contributed by atoms with Gasteiger partial charge in [0.2, 0.25) is 15.9 Å². The highest BCUT2D eigenvalue weighted by atomic mass is 32.2. The molecule has 2 atom stereocenters. The summed E-state index contributed by atoms with van der Waals surface area (Å²) in [6.07, 6.45) is 2.66. The molecule has 5 nitrogen and oxygen atoms in total. The zero-order valence-corrected chi connectivity index (χ0v) is 15.1. The fourth-order valence-electron chi connectivity index (χ4n) is 2.91. The van der Waals surface area contributed by atoms with Gasteiger partial charge in [-0.05, 0) is 50.3 Å². The first-order valence-corrected chi connectivity index (χ1v) is 9.86. The number of benzene rings is 1. The number of nitrogens with zero attached hydrogens (tertiary/aromatic N) is 1. The number of piperidine rings is 1. The Labute approximate surface area is 139 Å². The Bertz CT molecular complexity index is 685. The first-order chi connectivity index (χ1) is 10.7. The minimum atomic E-state index is -3.23. The predicted molar refractivity (Wildman–Crippen MR) is 91.6 cm³/mol. The molecule has 0 aromatic heterocycles. The number of carbonyl (C=O) groups is 1. The van der Waals surface area contributed by atoms with E-state index in [1.807, 2.05) is 13.0 Å². The first kappa shape index (κ1) is 17.9. The van der Waals surface area contributed by atoms with E-state index in [0.717, 1.165) is 18.4 Å². The smallest absolute Gasteiger partial charge is 0.224 e. The summed E-state index contributed by atoms with van der Waals surface area (Å²) in [5, 5.41) is 3.02. The van der Waals surface area contributed by atoms with Crippen LogP contribution in [-0.2, 0) is 14.8 Å².